The summed E-state index contributed by atoms with van der Waals surface area (Å²) < 4.78 is 1.83. The molecule has 1 fully saturated rings. The normalized spacial score (nSPS) is 13.9. The maximum Gasteiger partial charge on any atom is 0.405 e. The molecule has 1 aliphatic carbocycles. The molecule has 6 aromatic rings. The third kappa shape index (κ3) is 4.26. The van der Waals surface area contributed by atoms with Crippen molar-refractivity contribution < 1.29 is 9.90 Å². The maximum absolute atomic E-state index is 11.5. The van der Waals surface area contributed by atoms with E-state index in [0.29, 0.717) is 5.56 Å². The first-order chi connectivity index (χ1) is 20.0. The summed E-state index contributed by atoms with van der Waals surface area (Å²) in [5.41, 5.74) is 8.30. The lowest BCUT2D eigenvalue weighted by atomic mass is 9.71. The average molecular weight is 536 g/mol. The zero-order valence-corrected chi connectivity index (χ0v) is 22.1. The van der Waals surface area contributed by atoms with Gasteiger partial charge in [0.1, 0.15) is 0 Å². The van der Waals surface area contributed by atoms with Crippen LogP contribution in [0, 0.1) is 11.3 Å². The molecule has 0 radical (unpaired) electrons. The van der Waals surface area contributed by atoms with E-state index in [-0.39, 0.29) is 0 Å². The quantitative estimate of drug-likeness (QED) is 0.239. The molecule has 0 atom stereocenters. The number of hydrogen-bond donors (Lipinski definition) is 2. The lowest BCUT2D eigenvalue weighted by Crippen LogP contribution is -2.50. The monoisotopic (exact) mass is 535 g/mol. The standard InChI is InChI=1S/C34H25N5O2/c35-20-22-6-4-9-25(18-22)26-12-15-30-28(19-26)32-36-31(29(21-39(32)38-30)23-7-2-1-3-8-23)24-10-13-27(14-11-24)34(16-5-17-34)37-33(40)41/h1-4,6-15,18-19,21,37H,5,16-17H2,(H,40,41). The second kappa shape index (κ2) is 9.61. The third-order valence-electron chi connectivity index (χ3n) is 8.07. The third-order valence-corrected chi connectivity index (χ3v) is 8.07. The highest BCUT2D eigenvalue weighted by molar-refractivity contribution is 5.97. The summed E-state index contributed by atoms with van der Waals surface area (Å²) >= 11 is 0. The van der Waals surface area contributed by atoms with Crippen molar-refractivity contribution in [3.8, 4) is 39.6 Å². The summed E-state index contributed by atoms with van der Waals surface area (Å²) in [6, 6.07) is 34.1. The molecule has 2 N–H and O–H groups in total. The molecule has 7 heteroatoms. The van der Waals surface area contributed by atoms with Crippen molar-refractivity contribution in [2.24, 2.45) is 0 Å². The Morgan fingerprint density at radius 3 is 2.32 bits per heavy atom. The maximum atomic E-state index is 11.5. The molecule has 0 bridgehead atoms. The summed E-state index contributed by atoms with van der Waals surface area (Å²) in [4.78, 5) is 16.7. The van der Waals surface area contributed by atoms with Crippen LogP contribution >= 0.6 is 0 Å². The van der Waals surface area contributed by atoms with Crippen molar-refractivity contribution in [2.75, 3.05) is 0 Å². The van der Waals surface area contributed by atoms with E-state index in [1.807, 2.05) is 83.5 Å². The van der Waals surface area contributed by atoms with Crippen LogP contribution in [0.1, 0.15) is 30.4 Å². The van der Waals surface area contributed by atoms with Gasteiger partial charge < -0.3 is 10.4 Å². The molecule has 41 heavy (non-hydrogen) atoms. The van der Waals surface area contributed by atoms with Gasteiger partial charge in [-0.2, -0.15) is 10.4 Å². The van der Waals surface area contributed by atoms with Crippen LogP contribution in [0.15, 0.2) is 103 Å². The summed E-state index contributed by atoms with van der Waals surface area (Å²) in [5.74, 6) is 0. The van der Waals surface area contributed by atoms with Gasteiger partial charge in [0.25, 0.3) is 0 Å². The van der Waals surface area contributed by atoms with E-state index in [9.17, 15) is 15.2 Å². The van der Waals surface area contributed by atoms with E-state index in [2.05, 4.69) is 29.6 Å². The second-order valence-corrected chi connectivity index (χ2v) is 10.5. The molecule has 0 unspecified atom stereocenters. The minimum Gasteiger partial charge on any atom is -0.465 e. The highest BCUT2D eigenvalue weighted by atomic mass is 16.4. The Balaban J connectivity index is 1.39. The van der Waals surface area contributed by atoms with Gasteiger partial charge in [0.05, 0.1) is 28.4 Å². The molecule has 2 aromatic heterocycles. The fraction of sp³-hybridized carbons (Fsp3) is 0.118. The molecule has 198 valence electrons. The second-order valence-electron chi connectivity index (χ2n) is 10.5. The van der Waals surface area contributed by atoms with Gasteiger partial charge in [0.15, 0.2) is 5.65 Å². The number of nitrogens with one attached hydrogen (secondary N) is 1. The largest absolute Gasteiger partial charge is 0.465 e. The number of carboxylic acid groups (broad SMARTS) is 1. The van der Waals surface area contributed by atoms with Crippen LogP contribution in [0.5, 0.6) is 0 Å². The summed E-state index contributed by atoms with van der Waals surface area (Å²) in [7, 11) is 0. The first kappa shape index (κ1) is 24.6. The Kier molecular flexibility index (Phi) is 5.76. The lowest BCUT2D eigenvalue weighted by Gasteiger charge is -2.42. The number of aromatic nitrogens is 3. The highest BCUT2D eigenvalue weighted by Crippen LogP contribution is 2.42. The molecule has 7 nitrogen and oxygen atoms in total. The number of hydrogen-bond acceptors (Lipinski definition) is 4. The average Bonchev–Trinajstić information content (AvgIpc) is 3.35. The Morgan fingerprint density at radius 2 is 1.61 bits per heavy atom. The van der Waals surface area contributed by atoms with E-state index in [1.54, 1.807) is 6.07 Å². The van der Waals surface area contributed by atoms with Gasteiger partial charge in [0, 0.05) is 22.7 Å². The first-order valence-corrected chi connectivity index (χ1v) is 13.5. The van der Waals surface area contributed by atoms with Crippen LogP contribution in [0.4, 0.5) is 4.79 Å². The van der Waals surface area contributed by atoms with Gasteiger partial charge >= 0.3 is 6.09 Å². The molecule has 0 spiro atoms. The summed E-state index contributed by atoms with van der Waals surface area (Å²) in [5, 5.41) is 27.3. The molecular formula is C34H25N5O2. The Morgan fingerprint density at radius 1 is 0.878 bits per heavy atom. The molecule has 1 saturated carbocycles. The van der Waals surface area contributed by atoms with Crippen molar-refractivity contribution in [2.45, 2.75) is 24.8 Å². The van der Waals surface area contributed by atoms with Crippen LogP contribution in [-0.4, -0.2) is 25.8 Å². The molecule has 0 saturated heterocycles. The van der Waals surface area contributed by atoms with Crippen molar-refractivity contribution in [3.05, 3.63) is 114 Å². The van der Waals surface area contributed by atoms with E-state index in [1.165, 1.54) is 0 Å². The number of nitriles is 1. The molecule has 1 amide bonds. The molecule has 1 aliphatic rings. The van der Waals surface area contributed by atoms with E-state index in [0.717, 1.165) is 74.9 Å². The molecule has 0 aliphatic heterocycles. The smallest absolute Gasteiger partial charge is 0.405 e. The first-order valence-electron chi connectivity index (χ1n) is 13.5. The van der Waals surface area contributed by atoms with Gasteiger partial charge in [-0.3, -0.25) is 0 Å². The van der Waals surface area contributed by atoms with Gasteiger partial charge in [-0.25, -0.2) is 14.3 Å². The Hall–Kier alpha value is -5.48. The summed E-state index contributed by atoms with van der Waals surface area (Å²) in [6.07, 6.45) is 3.60. The van der Waals surface area contributed by atoms with E-state index in [4.69, 9.17) is 10.1 Å². The van der Waals surface area contributed by atoms with Gasteiger partial charge in [-0.05, 0) is 65.8 Å². The van der Waals surface area contributed by atoms with Crippen molar-refractivity contribution >= 4 is 22.6 Å². The predicted molar refractivity (Wildman–Crippen MR) is 158 cm³/mol. The zero-order chi connectivity index (χ0) is 28.0. The van der Waals surface area contributed by atoms with E-state index < -0.39 is 11.6 Å². The fourth-order valence-electron chi connectivity index (χ4n) is 5.81. The van der Waals surface area contributed by atoms with E-state index >= 15 is 0 Å². The van der Waals surface area contributed by atoms with Crippen molar-refractivity contribution in [3.63, 3.8) is 0 Å². The topological polar surface area (TPSA) is 103 Å². The SMILES string of the molecule is N#Cc1cccc(-c2ccc3nn4cc(-c5ccccc5)c(-c5ccc(C6(NC(=O)O)CCC6)cc5)nc4c3c2)c1. The molecule has 7 rings (SSSR count). The van der Waals surface area contributed by atoms with Gasteiger partial charge in [-0.15, -0.1) is 0 Å². The Bertz CT molecular complexity index is 1980. The van der Waals surface area contributed by atoms with Gasteiger partial charge in [0.2, 0.25) is 0 Å². The fourth-order valence-corrected chi connectivity index (χ4v) is 5.81. The zero-order valence-electron chi connectivity index (χ0n) is 22.1. The van der Waals surface area contributed by atoms with Crippen LogP contribution in [-0.2, 0) is 5.54 Å². The van der Waals surface area contributed by atoms with Crippen LogP contribution in [0.3, 0.4) is 0 Å². The number of rotatable bonds is 5. The van der Waals surface area contributed by atoms with Crippen LogP contribution in [0.25, 0.3) is 50.1 Å². The number of carbonyl (C=O) groups is 1. The summed E-state index contributed by atoms with van der Waals surface area (Å²) in [6.45, 7) is 0. The Labute approximate surface area is 236 Å². The number of benzene rings is 4. The minimum atomic E-state index is -1.00. The van der Waals surface area contributed by atoms with Gasteiger partial charge in [-0.1, -0.05) is 72.8 Å². The minimum absolute atomic E-state index is 0.523. The van der Waals surface area contributed by atoms with Crippen LogP contribution < -0.4 is 5.32 Å². The van der Waals surface area contributed by atoms with Crippen molar-refractivity contribution in [1.29, 1.82) is 5.26 Å². The number of amides is 1. The van der Waals surface area contributed by atoms with Crippen LogP contribution in [0.2, 0.25) is 0 Å². The highest BCUT2D eigenvalue weighted by Gasteiger charge is 2.40. The lowest BCUT2D eigenvalue weighted by molar-refractivity contribution is 0.144. The van der Waals surface area contributed by atoms with Crippen molar-refractivity contribution in [1.82, 2.24) is 19.9 Å². The number of fused-ring (bicyclic) bond motifs is 3. The molecule has 4 aromatic carbocycles. The molecule has 2 heterocycles. The number of nitrogens with zero attached hydrogens (tertiary/aromatic N) is 4. The predicted octanol–water partition coefficient (Wildman–Crippen LogP) is 7.40. The molecular weight excluding hydrogens is 510 g/mol.